The van der Waals surface area contributed by atoms with Gasteiger partial charge in [0.1, 0.15) is 0 Å². The average Bonchev–Trinajstić information content (AvgIpc) is 2.59. The van der Waals surface area contributed by atoms with Gasteiger partial charge in [-0.3, -0.25) is 0 Å². The molecule has 0 spiro atoms. The van der Waals surface area contributed by atoms with Gasteiger partial charge in [0, 0.05) is 18.2 Å². The summed E-state index contributed by atoms with van der Waals surface area (Å²) in [5.41, 5.74) is 4.31. The largest absolute Gasteiger partial charge is 0.384 e. The van der Waals surface area contributed by atoms with Gasteiger partial charge in [-0.2, -0.15) is 0 Å². The van der Waals surface area contributed by atoms with Gasteiger partial charge >= 0.3 is 0 Å². The van der Waals surface area contributed by atoms with Gasteiger partial charge in [0.2, 0.25) is 0 Å². The molecule has 1 atom stereocenters. The van der Waals surface area contributed by atoms with Gasteiger partial charge in [0.05, 0.1) is 0 Å². The van der Waals surface area contributed by atoms with Crippen molar-refractivity contribution in [1.29, 1.82) is 0 Å². The first-order valence-corrected chi connectivity index (χ1v) is 5.60. The summed E-state index contributed by atoms with van der Waals surface area (Å²) in [4.78, 5) is 0. The van der Waals surface area contributed by atoms with Crippen molar-refractivity contribution in [3.8, 4) is 0 Å². The van der Waals surface area contributed by atoms with Crippen molar-refractivity contribution >= 4 is 5.69 Å². The fourth-order valence-electron chi connectivity index (χ4n) is 2.15. The van der Waals surface area contributed by atoms with Crippen LogP contribution in [0, 0.1) is 0 Å². The Labute approximate surface area is 86.5 Å². The van der Waals surface area contributed by atoms with Crippen LogP contribution in [0.4, 0.5) is 5.69 Å². The summed E-state index contributed by atoms with van der Waals surface area (Å²) in [6.07, 6.45) is 1.24. The molecule has 1 unspecified atom stereocenters. The molecule has 1 heterocycles. The lowest BCUT2D eigenvalue weighted by Crippen LogP contribution is -1.99. The van der Waals surface area contributed by atoms with Gasteiger partial charge in [-0.1, -0.05) is 32.9 Å². The van der Waals surface area contributed by atoms with Crippen LogP contribution in [0.15, 0.2) is 18.2 Å². The van der Waals surface area contributed by atoms with E-state index in [-0.39, 0.29) is 0 Å². The van der Waals surface area contributed by atoms with Crippen molar-refractivity contribution in [3.63, 3.8) is 0 Å². The first kappa shape index (κ1) is 9.57. The second kappa shape index (κ2) is 3.64. The number of hydrogen-bond acceptors (Lipinski definition) is 1. The van der Waals surface area contributed by atoms with E-state index in [1.807, 2.05) is 0 Å². The molecule has 1 aromatic carbocycles. The molecule has 0 bridgehead atoms. The van der Waals surface area contributed by atoms with E-state index in [1.165, 1.54) is 23.2 Å². The van der Waals surface area contributed by atoms with Crippen molar-refractivity contribution in [2.24, 2.45) is 0 Å². The molecule has 0 saturated heterocycles. The second-order valence-electron chi connectivity index (χ2n) is 4.49. The SMILES string of the molecule is CCC1CNc2cc(C(C)C)ccc21. The average molecular weight is 189 g/mol. The van der Waals surface area contributed by atoms with Crippen LogP contribution in [0.25, 0.3) is 0 Å². The van der Waals surface area contributed by atoms with Crippen LogP contribution in [0.3, 0.4) is 0 Å². The highest BCUT2D eigenvalue weighted by molar-refractivity contribution is 5.59. The third-order valence-corrected chi connectivity index (χ3v) is 3.22. The fourth-order valence-corrected chi connectivity index (χ4v) is 2.15. The van der Waals surface area contributed by atoms with Crippen molar-refractivity contribution in [2.45, 2.75) is 39.0 Å². The van der Waals surface area contributed by atoms with Crippen LogP contribution >= 0.6 is 0 Å². The van der Waals surface area contributed by atoms with Gasteiger partial charge in [-0.15, -0.1) is 0 Å². The quantitative estimate of drug-likeness (QED) is 0.747. The number of rotatable bonds is 2. The standard InChI is InChI=1S/C13H19N/c1-4-10-8-14-13-7-11(9(2)3)5-6-12(10)13/h5-7,9-10,14H,4,8H2,1-3H3. The molecule has 0 aromatic heterocycles. The number of anilines is 1. The first-order chi connectivity index (χ1) is 6.72. The van der Waals surface area contributed by atoms with Crippen molar-refractivity contribution in [2.75, 3.05) is 11.9 Å². The number of nitrogens with one attached hydrogen (secondary N) is 1. The first-order valence-electron chi connectivity index (χ1n) is 5.60. The van der Waals surface area contributed by atoms with E-state index in [0.717, 1.165) is 12.5 Å². The predicted molar refractivity (Wildman–Crippen MR) is 62.1 cm³/mol. The lowest BCUT2D eigenvalue weighted by molar-refractivity contribution is 0.727. The summed E-state index contributed by atoms with van der Waals surface area (Å²) in [7, 11) is 0. The molecule has 1 heteroatoms. The molecule has 0 aliphatic carbocycles. The Morgan fingerprint density at radius 2 is 2.21 bits per heavy atom. The van der Waals surface area contributed by atoms with E-state index in [0.29, 0.717) is 5.92 Å². The highest BCUT2D eigenvalue weighted by atomic mass is 14.9. The Morgan fingerprint density at radius 3 is 2.86 bits per heavy atom. The van der Waals surface area contributed by atoms with Crippen LogP contribution < -0.4 is 5.32 Å². The van der Waals surface area contributed by atoms with Crippen molar-refractivity contribution in [3.05, 3.63) is 29.3 Å². The molecule has 0 amide bonds. The lowest BCUT2D eigenvalue weighted by Gasteiger charge is -2.09. The van der Waals surface area contributed by atoms with Crippen LogP contribution in [0.5, 0.6) is 0 Å². The highest BCUT2D eigenvalue weighted by Gasteiger charge is 2.20. The summed E-state index contributed by atoms with van der Waals surface area (Å²) < 4.78 is 0. The number of hydrogen-bond donors (Lipinski definition) is 1. The third kappa shape index (κ3) is 1.52. The van der Waals surface area contributed by atoms with Crippen LogP contribution in [-0.4, -0.2) is 6.54 Å². The summed E-state index contributed by atoms with van der Waals surface area (Å²) >= 11 is 0. The molecule has 0 fully saturated rings. The molecule has 1 aliphatic heterocycles. The van der Waals surface area contributed by atoms with Gasteiger partial charge in [-0.05, 0) is 29.5 Å². The van der Waals surface area contributed by atoms with Gasteiger partial charge in [0.15, 0.2) is 0 Å². The van der Waals surface area contributed by atoms with E-state index in [2.05, 4.69) is 44.3 Å². The van der Waals surface area contributed by atoms with Gasteiger partial charge in [-0.25, -0.2) is 0 Å². The Kier molecular flexibility index (Phi) is 2.49. The minimum atomic E-state index is 0.628. The van der Waals surface area contributed by atoms with Gasteiger partial charge < -0.3 is 5.32 Å². The summed E-state index contributed by atoms with van der Waals surface area (Å²) in [5, 5.41) is 3.50. The van der Waals surface area contributed by atoms with E-state index < -0.39 is 0 Å². The van der Waals surface area contributed by atoms with Crippen LogP contribution in [0.1, 0.15) is 50.2 Å². The number of benzene rings is 1. The zero-order valence-electron chi connectivity index (χ0n) is 9.30. The maximum absolute atomic E-state index is 3.50. The smallest absolute Gasteiger partial charge is 0.0379 e. The molecule has 1 nitrogen and oxygen atoms in total. The van der Waals surface area contributed by atoms with Crippen LogP contribution in [0.2, 0.25) is 0 Å². The Hall–Kier alpha value is -0.980. The third-order valence-electron chi connectivity index (χ3n) is 3.22. The zero-order valence-corrected chi connectivity index (χ0v) is 9.30. The van der Waals surface area contributed by atoms with Gasteiger partial charge in [0.25, 0.3) is 0 Å². The molecule has 0 radical (unpaired) electrons. The van der Waals surface area contributed by atoms with E-state index in [4.69, 9.17) is 0 Å². The molecule has 14 heavy (non-hydrogen) atoms. The van der Waals surface area contributed by atoms with Crippen molar-refractivity contribution < 1.29 is 0 Å². The maximum atomic E-state index is 3.50. The topological polar surface area (TPSA) is 12.0 Å². The Bertz CT molecular complexity index is 328. The molecule has 2 rings (SSSR count). The van der Waals surface area contributed by atoms with E-state index in [1.54, 1.807) is 0 Å². The molecule has 1 N–H and O–H groups in total. The summed E-state index contributed by atoms with van der Waals surface area (Å²) in [6, 6.07) is 6.90. The monoisotopic (exact) mass is 189 g/mol. The minimum absolute atomic E-state index is 0.628. The zero-order chi connectivity index (χ0) is 10.1. The molecular formula is C13H19N. The fraction of sp³-hybridized carbons (Fsp3) is 0.538. The molecule has 1 aromatic rings. The molecular weight excluding hydrogens is 170 g/mol. The van der Waals surface area contributed by atoms with E-state index >= 15 is 0 Å². The summed E-state index contributed by atoms with van der Waals surface area (Å²) in [5.74, 6) is 1.36. The predicted octanol–water partition coefficient (Wildman–Crippen LogP) is 3.73. The van der Waals surface area contributed by atoms with E-state index in [9.17, 15) is 0 Å². The normalized spacial score (nSPS) is 19.6. The summed E-state index contributed by atoms with van der Waals surface area (Å²) in [6.45, 7) is 7.87. The second-order valence-corrected chi connectivity index (χ2v) is 4.49. The molecule has 0 saturated carbocycles. The molecule has 76 valence electrons. The van der Waals surface area contributed by atoms with Crippen LogP contribution in [-0.2, 0) is 0 Å². The number of fused-ring (bicyclic) bond motifs is 1. The maximum Gasteiger partial charge on any atom is 0.0379 e. The minimum Gasteiger partial charge on any atom is -0.384 e. The Balaban J connectivity index is 2.34. The Morgan fingerprint density at radius 1 is 1.43 bits per heavy atom. The molecule has 1 aliphatic rings. The highest BCUT2D eigenvalue weighted by Crippen LogP contribution is 2.35. The lowest BCUT2D eigenvalue weighted by atomic mass is 9.95. The van der Waals surface area contributed by atoms with Crippen molar-refractivity contribution in [1.82, 2.24) is 0 Å².